The lowest BCUT2D eigenvalue weighted by Gasteiger charge is -1.98. The fourth-order valence-corrected chi connectivity index (χ4v) is 1.94. The topological polar surface area (TPSA) is 43.6 Å². The Labute approximate surface area is 110 Å². The molecule has 0 amide bonds. The van der Waals surface area contributed by atoms with Crippen LogP contribution in [0.25, 0.3) is 5.65 Å². The molecular weight excluding hydrogens is 240 g/mol. The zero-order valence-corrected chi connectivity index (χ0v) is 10.4. The van der Waals surface area contributed by atoms with Gasteiger partial charge in [0.2, 0.25) is 5.78 Å². The molecule has 0 N–H and O–H groups in total. The van der Waals surface area contributed by atoms with Crippen molar-refractivity contribution in [2.45, 2.75) is 0 Å². The monoisotopic (exact) mass is 252 g/mol. The van der Waals surface area contributed by atoms with E-state index in [1.54, 1.807) is 35.9 Å². The summed E-state index contributed by atoms with van der Waals surface area (Å²) in [5.74, 6) is 0.639. The molecule has 0 bridgehead atoms. The number of imidazole rings is 1. The van der Waals surface area contributed by atoms with Crippen molar-refractivity contribution in [3.63, 3.8) is 0 Å². The van der Waals surface area contributed by atoms with Crippen LogP contribution in [-0.2, 0) is 0 Å². The van der Waals surface area contributed by atoms with E-state index in [0.29, 0.717) is 16.9 Å². The van der Waals surface area contributed by atoms with Crippen molar-refractivity contribution < 1.29 is 9.53 Å². The highest BCUT2D eigenvalue weighted by Gasteiger charge is 2.12. The predicted molar refractivity (Wildman–Crippen MR) is 71.6 cm³/mol. The zero-order chi connectivity index (χ0) is 13.2. The Morgan fingerprint density at radius 3 is 2.74 bits per heavy atom. The number of ketones is 1. The normalized spacial score (nSPS) is 10.6. The first-order valence-electron chi connectivity index (χ1n) is 5.90. The summed E-state index contributed by atoms with van der Waals surface area (Å²) in [6.45, 7) is 0. The summed E-state index contributed by atoms with van der Waals surface area (Å²) in [5, 5.41) is 0. The van der Waals surface area contributed by atoms with Gasteiger partial charge in [-0.15, -0.1) is 0 Å². The largest absolute Gasteiger partial charge is 0.497 e. The van der Waals surface area contributed by atoms with Gasteiger partial charge in [0.1, 0.15) is 17.1 Å². The molecule has 0 spiro atoms. The van der Waals surface area contributed by atoms with Crippen molar-refractivity contribution in [1.82, 2.24) is 9.38 Å². The van der Waals surface area contributed by atoms with Crippen molar-refractivity contribution in [3.05, 3.63) is 66.1 Å². The summed E-state index contributed by atoms with van der Waals surface area (Å²) in [6.07, 6.45) is 3.55. The first-order valence-corrected chi connectivity index (χ1v) is 5.90. The molecule has 0 aliphatic heterocycles. The fraction of sp³-hybridized carbons (Fsp3) is 0.0667. The summed E-state index contributed by atoms with van der Waals surface area (Å²) in [5.41, 5.74) is 1.76. The van der Waals surface area contributed by atoms with Gasteiger partial charge in [0.05, 0.1) is 7.11 Å². The Morgan fingerprint density at radius 2 is 2.00 bits per heavy atom. The van der Waals surface area contributed by atoms with Gasteiger partial charge in [-0.05, 0) is 6.07 Å². The van der Waals surface area contributed by atoms with Gasteiger partial charge in [0, 0.05) is 24.0 Å². The van der Waals surface area contributed by atoms with E-state index in [9.17, 15) is 4.79 Å². The van der Waals surface area contributed by atoms with Gasteiger partial charge in [-0.2, -0.15) is 0 Å². The molecule has 2 heterocycles. The SMILES string of the molecule is COc1ccn2cc(C(=O)c3ccccc3)nc2c1. The maximum Gasteiger partial charge on any atom is 0.212 e. The van der Waals surface area contributed by atoms with Crippen LogP contribution in [0.4, 0.5) is 0 Å². The molecule has 4 heteroatoms. The number of carbonyl (C=O) groups is 1. The number of aromatic nitrogens is 2. The van der Waals surface area contributed by atoms with E-state index in [2.05, 4.69) is 4.98 Å². The molecule has 0 saturated carbocycles. The molecule has 0 radical (unpaired) electrons. The minimum Gasteiger partial charge on any atom is -0.497 e. The van der Waals surface area contributed by atoms with Crippen molar-refractivity contribution in [3.8, 4) is 5.75 Å². The van der Waals surface area contributed by atoms with Crippen LogP contribution in [0.2, 0.25) is 0 Å². The number of hydrogen-bond acceptors (Lipinski definition) is 3. The number of rotatable bonds is 3. The Kier molecular flexibility index (Phi) is 2.76. The van der Waals surface area contributed by atoms with Crippen LogP contribution in [0.15, 0.2) is 54.9 Å². The first kappa shape index (κ1) is 11.5. The van der Waals surface area contributed by atoms with E-state index in [1.165, 1.54) is 0 Å². The molecule has 0 aliphatic carbocycles. The number of carbonyl (C=O) groups excluding carboxylic acids is 1. The van der Waals surface area contributed by atoms with Gasteiger partial charge in [-0.3, -0.25) is 4.79 Å². The van der Waals surface area contributed by atoms with Crippen molar-refractivity contribution in [1.29, 1.82) is 0 Å². The number of hydrogen-bond donors (Lipinski definition) is 0. The van der Waals surface area contributed by atoms with Crippen LogP contribution in [0, 0.1) is 0 Å². The van der Waals surface area contributed by atoms with Crippen LogP contribution in [-0.4, -0.2) is 22.3 Å². The third-order valence-electron chi connectivity index (χ3n) is 2.94. The quantitative estimate of drug-likeness (QED) is 0.673. The number of ether oxygens (including phenoxy) is 1. The van der Waals surface area contributed by atoms with Crippen LogP contribution >= 0.6 is 0 Å². The van der Waals surface area contributed by atoms with E-state index in [0.717, 1.165) is 5.75 Å². The molecule has 4 nitrogen and oxygen atoms in total. The Balaban J connectivity index is 2.04. The van der Waals surface area contributed by atoms with Crippen molar-refractivity contribution >= 4 is 11.4 Å². The zero-order valence-electron chi connectivity index (χ0n) is 10.4. The van der Waals surface area contributed by atoms with E-state index in [4.69, 9.17) is 4.74 Å². The molecule has 1 aromatic carbocycles. The average molecular weight is 252 g/mol. The van der Waals surface area contributed by atoms with Crippen LogP contribution in [0.3, 0.4) is 0 Å². The minimum atomic E-state index is -0.0803. The number of benzene rings is 1. The molecule has 19 heavy (non-hydrogen) atoms. The molecular formula is C15H12N2O2. The van der Waals surface area contributed by atoms with Gasteiger partial charge in [0.15, 0.2) is 0 Å². The molecule has 94 valence electrons. The van der Waals surface area contributed by atoms with Crippen LogP contribution in [0.5, 0.6) is 5.75 Å². The predicted octanol–water partition coefficient (Wildman–Crippen LogP) is 2.57. The second-order valence-electron chi connectivity index (χ2n) is 4.15. The van der Waals surface area contributed by atoms with Crippen LogP contribution in [0.1, 0.15) is 16.1 Å². The summed E-state index contributed by atoms with van der Waals surface area (Å²) in [4.78, 5) is 16.6. The molecule has 0 saturated heterocycles. The maximum absolute atomic E-state index is 12.3. The number of pyridine rings is 1. The highest BCUT2D eigenvalue weighted by atomic mass is 16.5. The number of nitrogens with zero attached hydrogens (tertiary/aromatic N) is 2. The average Bonchev–Trinajstić information content (AvgIpc) is 2.90. The lowest BCUT2D eigenvalue weighted by atomic mass is 10.1. The lowest BCUT2D eigenvalue weighted by Crippen LogP contribution is -2.00. The highest BCUT2D eigenvalue weighted by molar-refractivity contribution is 6.07. The lowest BCUT2D eigenvalue weighted by molar-refractivity contribution is 0.103. The summed E-state index contributed by atoms with van der Waals surface area (Å²) in [7, 11) is 1.60. The first-order chi connectivity index (χ1) is 9.28. The molecule has 0 aliphatic rings. The fourth-order valence-electron chi connectivity index (χ4n) is 1.94. The summed E-state index contributed by atoms with van der Waals surface area (Å²) >= 11 is 0. The van der Waals surface area contributed by atoms with Crippen molar-refractivity contribution in [2.75, 3.05) is 7.11 Å². The van der Waals surface area contributed by atoms with Gasteiger partial charge in [-0.1, -0.05) is 30.3 Å². The van der Waals surface area contributed by atoms with E-state index >= 15 is 0 Å². The van der Waals surface area contributed by atoms with Gasteiger partial charge >= 0.3 is 0 Å². The Hall–Kier alpha value is -2.62. The third-order valence-corrected chi connectivity index (χ3v) is 2.94. The van der Waals surface area contributed by atoms with Gasteiger partial charge in [-0.25, -0.2) is 4.98 Å². The second kappa shape index (κ2) is 4.57. The maximum atomic E-state index is 12.3. The summed E-state index contributed by atoms with van der Waals surface area (Å²) < 4.78 is 6.94. The minimum absolute atomic E-state index is 0.0803. The van der Waals surface area contributed by atoms with Gasteiger partial charge < -0.3 is 9.14 Å². The molecule has 3 rings (SSSR count). The molecule has 3 aromatic rings. The number of methoxy groups -OCH3 is 1. The smallest absolute Gasteiger partial charge is 0.212 e. The summed E-state index contributed by atoms with van der Waals surface area (Å²) in [6, 6.07) is 12.7. The number of fused-ring (bicyclic) bond motifs is 1. The second-order valence-corrected chi connectivity index (χ2v) is 4.15. The Morgan fingerprint density at radius 1 is 1.21 bits per heavy atom. The van der Waals surface area contributed by atoms with E-state index < -0.39 is 0 Å². The Bertz CT molecular complexity index is 732. The molecule has 0 unspecified atom stereocenters. The molecule has 0 fully saturated rings. The van der Waals surface area contributed by atoms with E-state index in [-0.39, 0.29) is 5.78 Å². The molecule has 2 aromatic heterocycles. The third kappa shape index (κ3) is 2.08. The van der Waals surface area contributed by atoms with Crippen LogP contribution < -0.4 is 4.74 Å². The van der Waals surface area contributed by atoms with Gasteiger partial charge in [0.25, 0.3) is 0 Å². The van der Waals surface area contributed by atoms with E-state index in [1.807, 2.05) is 30.5 Å². The highest BCUT2D eigenvalue weighted by Crippen LogP contribution is 2.15. The van der Waals surface area contributed by atoms with Crippen molar-refractivity contribution in [2.24, 2.45) is 0 Å². The molecule has 0 atom stereocenters. The standard InChI is InChI=1S/C15H12N2O2/c1-19-12-7-8-17-10-13(16-14(17)9-12)15(18)11-5-3-2-4-6-11/h2-10H,1H3.